The van der Waals surface area contributed by atoms with Crippen LogP contribution in [0.1, 0.15) is 32.3 Å². The Morgan fingerprint density at radius 2 is 1.95 bits per heavy atom. The zero-order valence-corrected chi connectivity index (χ0v) is 12.2. The first-order valence-corrected chi connectivity index (χ1v) is 6.89. The molecule has 20 heavy (non-hydrogen) atoms. The first-order valence-electron chi connectivity index (χ1n) is 6.89. The zero-order chi connectivity index (χ0) is 14.4. The molecule has 7 nitrogen and oxygen atoms in total. The fourth-order valence-electron chi connectivity index (χ4n) is 2.03. The Labute approximate surface area is 118 Å². The van der Waals surface area contributed by atoms with Crippen LogP contribution >= 0.6 is 0 Å². The molecule has 0 radical (unpaired) electrons. The number of hydrogen-bond donors (Lipinski definition) is 2. The Balaban J connectivity index is 2.07. The number of anilines is 2. The van der Waals surface area contributed by atoms with E-state index in [0.29, 0.717) is 5.92 Å². The summed E-state index contributed by atoms with van der Waals surface area (Å²) in [4.78, 5) is 8.67. The smallest absolute Gasteiger partial charge is 0.135 e. The van der Waals surface area contributed by atoms with E-state index in [1.165, 1.54) is 0 Å². The first kappa shape index (κ1) is 14.2. The number of aromatic nitrogens is 5. The van der Waals surface area contributed by atoms with Crippen LogP contribution in [0.2, 0.25) is 0 Å². The lowest BCUT2D eigenvalue weighted by Gasteiger charge is -2.17. The van der Waals surface area contributed by atoms with Crippen molar-refractivity contribution in [2.75, 3.05) is 23.7 Å². The molecule has 0 spiro atoms. The second-order valence-electron chi connectivity index (χ2n) is 4.76. The third-order valence-corrected chi connectivity index (χ3v) is 2.91. The molecule has 2 N–H and O–H groups in total. The van der Waals surface area contributed by atoms with E-state index < -0.39 is 0 Å². The summed E-state index contributed by atoms with van der Waals surface area (Å²) < 4.78 is 1.79. The average molecular weight is 275 g/mol. The molecule has 2 aromatic rings. The number of hydrogen-bond acceptors (Lipinski definition) is 6. The van der Waals surface area contributed by atoms with Gasteiger partial charge < -0.3 is 10.6 Å². The predicted molar refractivity (Wildman–Crippen MR) is 78.8 cm³/mol. The monoisotopic (exact) mass is 275 g/mol. The quantitative estimate of drug-likeness (QED) is 0.801. The standard InChI is InChI=1S/C13H21N7/c1-4-14-12-11(10(2)3)13(17-9-16-12)15-5-7-20-8-6-18-19-20/h6,8-10H,4-5,7H2,1-3H3,(H2,14,15,16,17). The Morgan fingerprint density at radius 3 is 2.55 bits per heavy atom. The Morgan fingerprint density at radius 1 is 1.20 bits per heavy atom. The van der Waals surface area contributed by atoms with Gasteiger partial charge in [-0.1, -0.05) is 19.1 Å². The van der Waals surface area contributed by atoms with E-state index in [9.17, 15) is 0 Å². The molecular formula is C13H21N7. The average Bonchev–Trinajstić information content (AvgIpc) is 2.92. The van der Waals surface area contributed by atoms with Gasteiger partial charge in [0.1, 0.15) is 18.0 Å². The zero-order valence-electron chi connectivity index (χ0n) is 12.2. The molecule has 7 heteroatoms. The van der Waals surface area contributed by atoms with Gasteiger partial charge in [-0.2, -0.15) is 0 Å². The molecule has 0 aliphatic rings. The summed E-state index contributed by atoms with van der Waals surface area (Å²) in [5.41, 5.74) is 1.12. The largest absolute Gasteiger partial charge is 0.370 e. The van der Waals surface area contributed by atoms with Gasteiger partial charge in [-0.15, -0.1) is 5.10 Å². The van der Waals surface area contributed by atoms with E-state index in [2.05, 4.69) is 51.7 Å². The van der Waals surface area contributed by atoms with Crippen molar-refractivity contribution in [3.05, 3.63) is 24.3 Å². The first-order chi connectivity index (χ1) is 9.72. The molecule has 2 aromatic heterocycles. The van der Waals surface area contributed by atoms with Crippen LogP contribution in [0.5, 0.6) is 0 Å². The lowest BCUT2D eigenvalue weighted by atomic mass is 10.0. The molecule has 0 fully saturated rings. The molecule has 0 aliphatic heterocycles. The molecule has 0 aliphatic carbocycles. The van der Waals surface area contributed by atoms with Crippen molar-refractivity contribution >= 4 is 11.6 Å². The maximum absolute atomic E-state index is 4.35. The fraction of sp³-hybridized carbons (Fsp3) is 0.538. The van der Waals surface area contributed by atoms with E-state index in [1.807, 2.05) is 6.20 Å². The van der Waals surface area contributed by atoms with E-state index in [4.69, 9.17) is 0 Å². The highest BCUT2D eigenvalue weighted by molar-refractivity contribution is 5.58. The summed E-state index contributed by atoms with van der Waals surface area (Å²) in [6.07, 6.45) is 5.10. The lowest BCUT2D eigenvalue weighted by molar-refractivity contribution is 0.607. The molecule has 0 saturated carbocycles. The Kier molecular flexibility index (Phi) is 4.86. The Hall–Kier alpha value is -2.18. The maximum atomic E-state index is 4.35. The number of nitrogens with one attached hydrogen (secondary N) is 2. The highest BCUT2D eigenvalue weighted by atomic mass is 15.4. The van der Waals surface area contributed by atoms with Gasteiger partial charge in [0, 0.05) is 24.8 Å². The van der Waals surface area contributed by atoms with Crippen molar-refractivity contribution in [3.8, 4) is 0 Å². The summed E-state index contributed by atoms with van der Waals surface area (Å²) in [7, 11) is 0. The van der Waals surface area contributed by atoms with Crippen LogP contribution in [0.3, 0.4) is 0 Å². The molecule has 0 saturated heterocycles. The Bertz CT molecular complexity index is 522. The van der Waals surface area contributed by atoms with Gasteiger partial charge in [0.05, 0.1) is 12.7 Å². The minimum atomic E-state index is 0.346. The van der Waals surface area contributed by atoms with Gasteiger partial charge in [0.25, 0.3) is 0 Å². The minimum absolute atomic E-state index is 0.346. The van der Waals surface area contributed by atoms with Crippen LogP contribution in [-0.2, 0) is 6.54 Å². The van der Waals surface area contributed by atoms with Crippen molar-refractivity contribution < 1.29 is 0 Å². The molecule has 2 heterocycles. The van der Waals surface area contributed by atoms with Gasteiger partial charge in [0.15, 0.2) is 0 Å². The fourth-order valence-corrected chi connectivity index (χ4v) is 2.03. The molecule has 108 valence electrons. The molecule has 2 rings (SSSR count). The van der Waals surface area contributed by atoms with E-state index in [1.54, 1.807) is 17.2 Å². The van der Waals surface area contributed by atoms with E-state index in [0.717, 1.165) is 36.8 Å². The third kappa shape index (κ3) is 3.43. The van der Waals surface area contributed by atoms with Crippen molar-refractivity contribution in [1.29, 1.82) is 0 Å². The highest BCUT2D eigenvalue weighted by Gasteiger charge is 2.14. The maximum Gasteiger partial charge on any atom is 0.135 e. The summed E-state index contributed by atoms with van der Waals surface area (Å²) in [5, 5.41) is 14.4. The van der Waals surface area contributed by atoms with E-state index in [-0.39, 0.29) is 0 Å². The predicted octanol–water partition coefficient (Wildman–Crippen LogP) is 1.74. The van der Waals surface area contributed by atoms with Crippen LogP contribution in [0.25, 0.3) is 0 Å². The molecular weight excluding hydrogens is 254 g/mol. The van der Waals surface area contributed by atoms with Crippen molar-refractivity contribution in [3.63, 3.8) is 0 Å². The topological polar surface area (TPSA) is 80.5 Å². The van der Waals surface area contributed by atoms with Gasteiger partial charge in [0.2, 0.25) is 0 Å². The van der Waals surface area contributed by atoms with E-state index >= 15 is 0 Å². The molecule has 0 unspecified atom stereocenters. The summed E-state index contributed by atoms with van der Waals surface area (Å²) in [5.74, 6) is 2.13. The lowest BCUT2D eigenvalue weighted by Crippen LogP contribution is -2.15. The third-order valence-electron chi connectivity index (χ3n) is 2.91. The second kappa shape index (κ2) is 6.83. The highest BCUT2D eigenvalue weighted by Crippen LogP contribution is 2.27. The number of nitrogens with zero attached hydrogens (tertiary/aromatic N) is 5. The summed E-state index contributed by atoms with van der Waals surface area (Å²) in [6.45, 7) is 8.67. The van der Waals surface area contributed by atoms with Gasteiger partial charge in [-0.3, -0.25) is 4.68 Å². The van der Waals surface area contributed by atoms with Gasteiger partial charge >= 0.3 is 0 Å². The van der Waals surface area contributed by atoms with Crippen LogP contribution < -0.4 is 10.6 Å². The van der Waals surface area contributed by atoms with Crippen molar-refractivity contribution in [1.82, 2.24) is 25.0 Å². The van der Waals surface area contributed by atoms with Crippen molar-refractivity contribution in [2.24, 2.45) is 0 Å². The second-order valence-corrected chi connectivity index (χ2v) is 4.76. The SMILES string of the molecule is CCNc1ncnc(NCCn2ccnn2)c1C(C)C. The van der Waals surface area contributed by atoms with Crippen LogP contribution in [0.15, 0.2) is 18.7 Å². The molecule has 0 aromatic carbocycles. The molecule has 0 amide bonds. The van der Waals surface area contributed by atoms with Crippen LogP contribution in [0.4, 0.5) is 11.6 Å². The minimum Gasteiger partial charge on any atom is -0.370 e. The molecule has 0 bridgehead atoms. The summed E-state index contributed by atoms with van der Waals surface area (Å²) >= 11 is 0. The van der Waals surface area contributed by atoms with Crippen LogP contribution in [0, 0.1) is 0 Å². The van der Waals surface area contributed by atoms with Crippen LogP contribution in [-0.4, -0.2) is 38.1 Å². The summed E-state index contributed by atoms with van der Waals surface area (Å²) in [6, 6.07) is 0. The number of rotatable bonds is 7. The van der Waals surface area contributed by atoms with Crippen molar-refractivity contribution in [2.45, 2.75) is 33.2 Å². The van der Waals surface area contributed by atoms with Gasteiger partial charge in [-0.05, 0) is 12.8 Å². The normalized spacial score (nSPS) is 10.8. The molecule has 0 atom stereocenters. The van der Waals surface area contributed by atoms with Gasteiger partial charge in [-0.25, -0.2) is 9.97 Å².